The standard InChI is InChI=1S/C20H22FN5O2.C18H23N3O5S.C3H3FN2/c1-20(2,15-5-17(6-15)26-12-16(21)10-24-26)19(27)25-3-4-28-18-13(7-22)8-23-9-14(18)11-25;1-18(2,14-6-15(7-14)26-27(3,23)24)17(22)21-4-5-25-16-12(8-19)9-20-10-13(16)11-21;4-3-1-5-6-2-3/h8-10,12,15,17H,3-6,11H2,1-2H3;9-10,14-15H,4-7,11H2,1-3H3;1-2H,(H,5,6). The van der Waals surface area contributed by atoms with E-state index in [9.17, 15) is 37.3 Å². The van der Waals surface area contributed by atoms with E-state index in [0.717, 1.165) is 30.9 Å². The average molecular weight is 863 g/mol. The van der Waals surface area contributed by atoms with Gasteiger partial charge in [-0.2, -0.15) is 29.1 Å². The van der Waals surface area contributed by atoms with Crippen molar-refractivity contribution in [3.05, 3.63) is 83.5 Å². The number of pyridine rings is 2. The van der Waals surface area contributed by atoms with Crippen LogP contribution in [0.25, 0.3) is 0 Å². The summed E-state index contributed by atoms with van der Waals surface area (Å²) < 4.78 is 65.3. The van der Waals surface area contributed by atoms with Gasteiger partial charge in [0.15, 0.2) is 11.6 Å². The lowest BCUT2D eigenvalue weighted by Gasteiger charge is -2.45. The second-order valence-corrected chi connectivity index (χ2v) is 18.2. The van der Waals surface area contributed by atoms with E-state index in [1.54, 1.807) is 26.9 Å². The zero-order chi connectivity index (χ0) is 44.1. The first kappa shape index (κ1) is 44.6. The number of nitriles is 2. The molecule has 0 aromatic carbocycles. The van der Waals surface area contributed by atoms with E-state index < -0.39 is 20.9 Å². The van der Waals surface area contributed by atoms with Crippen LogP contribution < -0.4 is 9.47 Å². The van der Waals surface area contributed by atoms with Crippen molar-refractivity contribution in [2.75, 3.05) is 32.6 Å². The van der Waals surface area contributed by atoms with Crippen molar-refractivity contribution in [1.29, 1.82) is 10.5 Å². The van der Waals surface area contributed by atoms with Crippen molar-refractivity contribution >= 4 is 21.9 Å². The third-order valence-corrected chi connectivity index (χ3v) is 12.4. The normalized spacial score (nSPS) is 20.9. The molecule has 324 valence electrons. The zero-order valence-corrected chi connectivity index (χ0v) is 35.4. The van der Waals surface area contributed by atoms with Gasteiger partial charge in [0, 0.05) is 46.7 Å². The molecule has 2 amide bonds. The molecule has 0 unspecified atom stereocenters. The number of amides is 2. The maximum atomic E-state index is 13.3. The number of carbonyl (C=O) groups excluding carboxylic acids is 2. The summed E-state index contributed by atoms with van der Waals surface area (Å²) in [4.78, 5) is 38.2. The first-order valence-electron chi connectivity index (χ1n) is 19.7. The molecule has 4 aromatic rings. The second-order valence-electron chi connectivity index (χ2n) is 16.6. The fourth-order valence-electron chi connectivity index (χ4n) is 7.93. The molecule has 0 atom stereocenters. The van der Waals surface area contributed by atoms with Crippen LogP contribution in [0.4, 0.5) is 8.78 Å². The molecule has 8 rings (SSSR count). The molecule has 4 aliphatic rings. The van der Waals surface area contributed by atoms with Crippen molar-refractivity contribution in [3.63, 3.8) is 0 Å². The summed E-state index contributed by atoms with van der Waals surface area (Å²) in [6.45, 7) is 9.93. The Kier molecular flexibility index (Phi) is 13.4. The average Bonchev–Trinajstić information content (AvgIpc) is 3.70. The molecule has 17 nitrogen and oxygen atoms in total. The van der Waals surface area contributed by atoms with Gasteiger partial charge in [-0.1, -0.05) is 27.7 Å². The van der Waals surface area contributed by atoms with Crippen LogP contribution in [-0.2, 0) is 37.0 Å². The molecule has 61 heavy (non-hydrogen) atoms. The van der Waals surface area contributed by atoms with Crippen LogP contribution in [0, 0.1) is 57.0 Å². The number of ether oxygens (including phenoxy) is 2. The third-order valence-electron chi connectivity index (χ3n) is 11.8. The number of nitrogens with zero attached hydrogens (tertiary/aromatic N) is 9. The monoisotopic (exact) mass is 862 g/mol. The SMILES string of the molecule is CC(C)(C(=O)N1CCOc2c(C#N)cncc2C1)C1CC(OS(C)(=O)=O)C1.CC(C)(C(=O)N1CCOc2c(C#N)cncc2C1)C1CC(n2cc(F)cn2)C1.Fc1cn[nH]c1. The number of fused-ring (bicyclic) bond motifs is 2. The molecule has 6 heterocycles. The molecule has 2 fully saturated rings. The van der Waals surface area contributed by atoms with Gasteiger partial charge >= 0.3 is 0 Å². The topological polar surface area (TPSA) is 222 Å². The summed E-state index contributed by atoms with van der Waals surface area (Å²) in [5, 5.41) is 28.1. The predicted octanol–water partition coefficient (Wildman–Crippen LogP) is 4.69. The van der Waals surface area contributed by atoms with E-state index in [4.69, 9.17) is 13.7 Å². The van der Waals surface area contributed by atoms with Crippen LogP contribution in [0.5, 0.6) is 11.5 Å². The summed E-state index contributed by atoms with van der Waals surface area (Å²) in [5.41, 5.74) is 1.01. The van der Waals surface area contributed by atoms with Crippen LogP contribution in [0.3, 0.4) is 0 Å². The van der Waals surface area contributed by atoms with Gasteiger partial charge in [-0.15, -0.1) is 0 Å². The lowest BCUT2D eigenvalue weighted by Crippen LogP contribution is -2.50. The molecule has 2 aliphatic heterocycles. The van der Waals surface area contributed by atoms with Gasteiger partial charge in [0.1, 0.15) is 48.0 Å². The third kappa shape index (κ3) is 10.3. The lowest BCUT2D eigenvalue weighted by atomic mass is 9.64. The van der Waals surface area contributed by atoms with Crippen molar-refractivity contribution in [3.8, 4) is 23.6 Å². The van der Waals surface area contributed by atoms with Gasteiger partial charge in [-0.3, -0.25) is 33.5 Å². The summed E-state index contributed by atoms with van der Waals surface area (Å²) in [7, 11) is -3.48. The minimum Gasteiger partial charge on any atom is -0.490 e. The molecule has 1 N–H and O–H groups in total. The molecule has 0 radical (unpaired) electrons. The van der Waals surface area contributed by atoms with E-state index in [0.29, 0.717) is 80.4 Å². The maximum Gasteiger partial charge on any atom is 0.264 e. The molecule has 0 spiro atoms. The second kappa shape index (κ2) is 18.3. The Morgan fingerprint density at radius 2 is 1.31 bits per heavy atom. The molecule has 0 bridgehead atoms. The van der Waals surface area contributed by atoms with Gasteiger partial charge < -0.3 is 19.3 Å². The number of aromatic amines is 1. The van der Waals surface area contributed by atoms with E-state index >= 15 is 0 Å². The van der Waals surface area contributed by atoms with Crippen molar-refractivity contribution in [2.24, 2.45) is 22.7 Å². The Bertz CT molecular complexity index is 2400. The Hall–Kier alpha value is -5.99. The van der Waals surface area contributed by atoms with Crippen LogP contribution >= 0.6 is 0 Å². The van der Waals surface area contributed by atoms with E-state index in [1.165, 1.54) is 31.0 Å². The molecular formula is C41H48F2N10O7S. The minimum absolute atomic E-state index is 0.0240. The van der Waals surface area contributed by atoms with E-state index in [1.807, 2.05) is 27.7 Å². The van der Waals surface area contributed by atoms with Crippen molar-refractivity contribution in [1.82, 2.24) is 39.7 Å². The summed E-state index contributed by atoms with van der Waals surface area (Å²) in [6.07, 6.45) is 14.4. The number of hydrogen-bond donors (Lipinski definition) is 1. The lowest BCUT2D eigenvalue weighted by molar-refractivity contribution is -0.148. The summed E-state index contributed by atoms with van der Waals surface area (Å²) in [5.74, 6) is 0.627. The number of H-pyrrole nitrogens is 1. The smallest absolute Gasteiger partial charge is 0.264 e. The Labute approximate surface area is 352 Å². The highest BCUT2D eigenvalue weighted by Gasteiger charge is 2.48. The van der Waals surface area contributed by atoms with Gasteiger partial charge in [0.05, 0.1) is 69.4 Å². The number of hydrogen-bond acceptors (Lipinski definition) is 13. The van der Waals surface area contributed by atoms with Crippen LogP contribution in [0.15, 0.2) is 49.6 Å². The van der Waals surface area contributed by atoms with E-state index in [2.05, 4.69) is 37.4 Å². The number of halogens is 2. The fraction of sp³-hybridized carbons (Fsp3) is 0.512. The van der Waals surface area contributed by atoms with Gasteiger partial charge in [0.25, 0.3) is 10.1 Å². The van der Waals surface area contributed by atoms with E-state index in [-0.39, 0.29) is 47.4 Å². The molecular weight excluding hydrogens is 815 g/mol. The Balaban J connectivity index is 0.000000179. The molecule has 2 saturated carbocycles. The highest BCUT2D eigenvalue weighted by Crippen LogP contribution is 2.49. The first-order chi connectivity index (χ1) is 28.9. The fourth-order valence-corrected chi connectivity index (χ4v) is 8.58. The molecule has 4 aromatic heterocycles. The maximum absolute atomic E-state index is 13.3. The summed E-state index contributed by atoms with van der Waals surface area (Å²) in [6, 6.07) is 4.29. The van der Waals surface area contributed by atoms with Crippen LogP contribution in [-0.4, -0.2) is 98.6 Å². The Morgan fingerprint density at radius 1 is 0.803 bits per heavy atom. The quantitative estimate of drug-likeness (QED) is 0.250. The summed E-state index contributed by atoms with van der Waals surface area (Å²) >= 11 is 0. The molecule has 2 aliphatic carbocycles. The van der Waals surface area contributed by atoms with Gasteiger partial charge in [-0.25, -0.2) is 8.78 Å². The molecule has 0 saturated heterocycles. The van der Waals surface area contributed by atoms with Crippen molar-refractivity contribution in [2.45, 2.75) is 78.6 Å². The van der Waals surface area contributed by atoms with Crippen LogP contribution in [0.1, 0.15) is 81.7 Å². The Morgan fingerprint density at radius 3 is 1.70 bits per heavy atom. The number of aromatic nitrogens is 6. The highest BCUT2D eigenvalue weighted by atomic mass is 32.2. The minimum atomic E-state index is -3.48. The number of nitrogens with one attached hydrogen (secondary N) is 1. The number of carbonyl (C=O) groups is 2. The zero-order valence-electron chi connectivity index (χ0n) is 34.5. The largest absolute Gasteiger partial charge is 0.490 e. The highest BCUT2D eigenvalue weighted by molar-refractivity contribution is 7.86. The molecule has 20 heteroatoms. The first-order valence-corrected chi connectivity index (χ1v) is 21.5. The predicted molar refractivity (Wildman–Crippen MR) is 212 cm³/mol. The van der Waals surface area contributed by atoms with Gasteiger partial charge in [0.2, 0.25) is 11.8 Å². The van der Waals surface area contributed by atoms with Crippen molar-refractivity contribution < 1.29 is 40.4 Å². The van der Waals surface area contributed by atoms with Gasteiger partial charge in [-0.05, 0) is 37.5 Å². The number of rotatable bonds is 7. The van der Waals surface area contributed by atoms with Crippen LogP contribution in [0.2, 0.25) is 0 Å².